The average molecular weight is 215 g/mol. The van der Waals surface area contributed by atoms with Crippen LogP contribution in [0, 0.1) is 6.92 Å². The van der Waals surface area contributed by atoms with E-state index in [2.05, 4.69) is 22.8 Å². The van der Waals surface area contributed by atoms with E-state index in [1.54, 1.807) is 4.90 Å². The number of rotatable bonds is 1. The average Bonchev–Trinajstić information content (AvgIpc) is 2.58. The Balaban J connectivity index is 2.22. The first kappa shape index (κ1) is 8.96. The zero-order chi connectivity index (χ0) is 9.42. The maximum Gasteiger partial charge on any atom is 0.230 e. The summed E-state index contributed by atoms with van der Waals surface area (Å²) in [6.07, 6.45) is 0.502. The summed E-state index contributed by atoms with van der Waals surface area (Å²) in [5.41, 5.74) is 0. The molecule has 1 aromatic rings. The molecule has 1 aliphatic rings. The van der Waals surface area contributed by atoms with Gasteiger partial charge < -0.3 is 0 Å². The molecule has 6 heteroatoms. The van der Waals surface area contributed by atoms with Crippen LogP contribution in [0.1, 0.15) is 11.4 Å². The summed E-state index contributed by atoms with van der Waals surface area (Å²) < 4.78 is 0. The van der Waals surface area contributed by atoms with Crippen LogP contribution in [0.2, 0.25) is 0 Å². The van der Waals surface area contributed by atoms with E-state index >= 15 is 0 Å². The van der Waals surface area contributed by atoms with Crippen LogP contribution < -0.4 is 4.90 Å². The highest BCUT2D eigenvalue weighted by molar-refractivity contribution is 7.81. The van der Waals surface area contributed by atoms with Crippen LogP contribution in [0.5, 0.6) is 0 Å². The Morgan fingerprint density at radius 3 is 2.85 bits per heavy atom. The molecule has 1 fully saturated rings. The third kappa shape index (κ3) is 1.68. The van der Waals surface area contributed by atoms with Gasteiger partial charge in [-0.25, -0.2) is 0 Å². The highest BCUT2D eigenvalue weighted by atomic mass is 32.1. The van der Waals surface area contributed by atoms with E-state index < -0.39 is 0 Å². The van der Waals surface area contributed by atoms with Crippen LogP contribution in [-0.4, -0.2) is 27.9 Å². The summed E-state index contributed by atoms with van der Waals surface area (Å²) in [5, 5.41) is 9.50. The van der Waals surface area contributed by atoms with Gasteiger partial charge in [0.2, 0.25) is 11.0 Å². The molecule has 1 unspecified atom stereocenters. The molecule has 1 saturated heterocycles. The second-order valence-corrected chi connectivity index (χ2v) is 4.86. The van der Waals surface area contributed by atoms with Gasteiger partial charge in [-0.15, -0.1) is 10.2 Å². The predicted molar refractivity (Wildman–Crippen MR) is 54.4 cm³/mol. The van der Waals surface area contributed by atoms with Gasteiger partial charge in [-0.2, -0.15) is 12.6 Å². The van der Waals surface area contributed by atoms with Crippen molar-refractivity contribution in [1.82, 2.24) is 10.2 Å². The molecule has 1 aliphatic heterocycles. The van der Waals surface area contributed by atoms with Gasteiger partial charge >= 0.3 is 0 Å². The first-order valence-electron chi connectivity index (χ1n) is 3.95. The lowest BCUT2D eigenvalue weighted by atomic mass is 10.4. The summed E-state index contributed by atoms with van der Waals surface area (Å²) in [5.74, 6) is 0.0937. The highest BCUT2D eigenvalue weighted by Gasteiger charge is 2.30. The molecule has 0 spiro atoms. The van der Waals surface area contributed by atoms with E-state index in [9.17, 15) is 4.79 Å². The quantitative estimate of drug-likeness (QED) is 0.707. The molecule has 0 radical (unpaired) electrons. The van der Waals surface area contributed by atoms with Gasteiger partial charge in [0.1, 0.15) is 5.01 Å². The lowest BCUT2D eigenvalue weighted by Gasteiger charge is -2.09. The lowest BCUT2D eigenvalue weighted by molar-refractivity contribution is -0.117. The van der Waals surface area contributed by atoms with E-state index in [-0.39, 0.29) is 11.2 Å². The number of aromatic nitrogens is 2. The Labute approximate surface area is 85.4 Å². The minimum Gasteiger partial charge on any atom is -0.286 e. The van der Waals surface area contributed by atoms with Crippen LogP contribution in [0.3, 0.4) is 0 Å². The zero-order valence-electron chi connectivity index (χ0n) is 7.10. The second-order valence-electron chi connectivity index (χ2n) is 2.97. The molecule has 13 heavy (non-hydrogen) atoms. The summed E-state index contributed by atoms with van der Waals surface area (Å²) in [7, 11) is 0. The Morgan fingerprint density at radius 1 is 1.62 bits per heavy atom. The summed E-state index contributed by atoms with van der Waals surface area (Å²) in [4.78, 5) is 13.1. The molecule has 1 atom stereocenters. The van der Waals surface area contributed by atoms with Crippen molar-refractivity contribution in [1.29, 1.82) is 0 Å². The molecule has 0 saturated carbocycles. The van der Waals surface area contributed by atoms with Crippen molar-refractivity contribution in [3.63, 3.8) is 0 Å². The van der Waals surface area contributed by atoms with Gasteiger partial charge in [0.15, 0.2) is 0 Å². The van der Waals surface area contributed by atoms with E-state index in [1.165, 1.54) is 11.3 Å². The van der Waals surface area contributed by atoms with Crippen molar-refractivity contribution >= 4 is 35.0 Å². The Hall–Kier alpha value is -0.620. The molecule has 2 rings (SSSR count). The first-order valence-corrected chi connectivity index (χ1v) is 5.28. The van der Waals surface area contributed by atoms with E-state index in [4.69, 9.17) is 0 Å². The molecule has 4 nitrogen and oxygen atoms in total. The summed E-state index contributed by atoms with van der Waals surface area (Å²) in [6, 6.07) is 0. The van der Waals surface area contributed by atoms with Crippen LogP contribution in [0.4, 0.5) is 5.13 Å². The number of hydrogen-bond donors (Lipinski definition) is 1. The number of hydrogen-bond acceptors (Lipinski definition) is 5. The molecule has 0 aliphatic carbocycles. The SMILES string of the molecule is Cc1nnc(N2CC(S)CC2=O)s1. The van der Waals surface area contributed by atoms with Crippen molar-refractivity contribution in [2.75, 3.05) is 11.4 Å². The number of carbonyl (C=O) groups excluding carboxylic acids is 1. The maximum absolute atomic E-state index is 11.4. The van der Waals surface area contributed by atoms with Gasteiger partial charge in [-0.05, 0) is 6.92 Å². The van der Waals surface area contributed by atoms with Crippen molar-refractivity contribution < 1.29 is 4.79 Å². The van der Waals surface area contributed by atoms with Gasteiger partial charge in [0.25, 0.3) is 0 Å². The number of aryl methyl sites for hydroxylation is 1. The van der Waals surface area contributed by atoms with Gasteiger partial charge in [-0.3, -0.25) is 9.69 Å². The third-order valence-corrected chi connectivity index (χ3v) is 3.06. The van der Waals surface area contributed by atoms with Crippen molar-refractivity contribution in [2.45, 2.75) is 18.6 Å². The van der Waals surface area contributed by atoms with Crippen LogP contribution in [0.15, 0.2) is 0 Å². The maximum atomic E-state index is 11.4. The third-order valence-electron chi connectivity index (χ3n) is 1.85. The van der Waals surface area contributed by atoms with Gasteiger partial charge in [-0.1, -0.05) is 11.3 Å². The fraction of sp³-hybridized carbons (Fsp3) is 0.571. The monoisotopic (exact) mass is 215 g/mol. The van der Waals surface area contributed by atoms with Crippen molar-refractivity contribution in [2.24, 2.45) is 0 Å². The fourth-order valence-electron chi connectivity index (χ4n) is 1.27. The number of amides is 1. The topological polar surface area (TPSA) is 46.1 Å². The van der Waals surface area contributed by atoms with Gasteiger partial charge in [0.05, 0.1) is 0 Å². The predicted octanol–water partition coefficient (Wildman–Crippen LogP) is 0.882. The van der Waals surface area contributed by atoms with Crippen molar-refractivity contribution in [3.05, 3.63) is 5.01 Å². The molecule has 1 aromatic heterocycles. The molecular weight excluding hydrogens is 206 g/mol. The number of nitrogens with zero attached hydrogens (tertiary/aromatic N) is 3. The smallest absolute Gasteiger partial charge is 0.230 e. The molecule has 0 bridgehead atoms. The number of thiol groups is 1. The first-order chi connectivity index (χ1) is 6.16. The lowest BCUT2D eigenvalue weighted by Crippen LogP contribution is -2.24. The minimum atomic E-state index is 0.0937. The number of anilines is 1. The standard InChI is InChI=1S/C7H9N3OS2/c1-4-8-9-7(13-4)10-3-5(12)2-6(10)11/h5,12H,2-3H2,1H3. The summed E-state index contributed by atoms with van der Waals surface area (Å²) >= 11 is 5.70. The van der Waals surface area contributed by atoms with Crippen LogP contribution in [0.25, 0.3) is 0 Å². The Bertz CT molecular complexity index is 338. The molecule has 0 N–H and O–H groups in total. The van der Waals surface area contributed by atoms with E-state index in [0.717, 1.165) is 5.01 Å². The largest absolute Gasteiger partial charge is 0.286 e. The normalized spacial score (nSPS) is 22.8. The molecule has 1 amide bonds. The number of carbonyl (C=O) groups is 1. The molecule has 2 heterocycles. The zero-order valence-corrected chi connectivity index (χ0v) is 8.81. The van der Waals surface area contributed by atoms with Crippen LogP contribution >= 0.6 is 24.0 Å². The summed E-state index contributed by atoms with van der Waals surface area (Å²) in [6.45, 7) is 2.52. The second kappa shape index (κ2) is 3.26. The molecule has 70 valence electrons. The highest BCUT2D eigenvalue weighted by Crippen LogP contribution is 2.26. The van der Waals surface area contributed by atoms with E-state index in [0.29, 0.717) is 18.1 Å². The van der Waals surface area contributed by atoms with Crippen molar-refractivity contribution in [3.8, 4) is 0 Å². The van der Waals surface area contributed by atoms with E-state index in [1.807, 2.05) is 6.92 Å². The molecular formula is C7H9N3OS2. The Kier molecular flexibility index (Phi) is 2.25. The fourth-order valence-corrected chi connectivity index (χ4v) is 2.30. The molecule has 0 aromatic carbocycles. The Morgan fingerprint density at radius 2 is 2.38 bits per heavy atom. The minimum absolute atomic E-state index is 0.0937. The van der Waals surface area contributed by atoms with Crippen LogP contribution in [-0.2, 0) is 4.79 Å². The van der Waals surface area contributed by atoms with Gasteiger partial charge in [0, 0.05) is 18.2 Å².